The average Bonchev–Trinajstić information content (AvgIpc) is 2.77. The fourth-order valence-electron chi connectivity index (χ4n) is 4.36. The number of H-pyrrole nitrogens is 1. The van der Waals surface area contributed by atoms with Crippen LogP contribution >= 0.6 is 0 Å². The molecule has 2 aromatic heterocycles. The Labute approximate surface area is 199 Å². The molecule has 11 heteroatoms. The van der Waals surface area contributed by atoms with Gasteiger partial charge in [0.15, 0.2) is 0 Å². The monoisotopic (exact) mass is 489 g/mol. The number of benzene rings is 1. The van der Waals surface area contributed by atoms with E-state index in [1.54, 1.807) is 17.9 Å². The van der Waals surface area contributed by atoms with Crippen molar-refractivity contribution < 1.29 is 22.7 Å². The molecule has 0 aliphatic carbocycles. The number of hydrogen-bond acceptors (Lipinski definition) is 6. The summed E-state index contributed by atoms with van der Waals surface area (Å²) in [6.45, 7) is 7.76. The molecule has 0 saturated carbocycles. The van der Waals surface area contributed by atoms with Crippen LogP contribution in [0.5, 0.6) is 0 Å². The maximum atomic E-state index is 13.8. The van der Waals surface area contributed by atoms with Crippen LogP contribution in [0.4, 0.5) is 18.9 Å². The van der Waals surface area contributed by atoms with Crippen molar-refractivity contribution in [3.8, 4) is 0 Å². The molecule has 1 amide bonds. The number of anilines is 1. The molecule has 0 spiro atoms. The largest absolute Gasteiger partial charge is 0.416 e. The molecule has 3 heterocycles. The first-order valence-electron chi connectivity index (χ1n) is 11.2. The Morgan fingerprint density at radius 1 is 1.23 bits per heavy atom. The van der Waals surface area contributed by atoms with Crippen molar-refractivity contribution in [1.29, 1.82) is 0 Å². The van der Waals surface area contributed by atoms with E-state index in [1.807, 2.05) is 13.8 Å². The van der Waals surface area contributed by atoms with E-state index in [2.05, 4.69) is 20.3 Å². The molecular formula is C24H26F3N5O3. The number of rotatable bonds is 4. The second-order valence-electron chi connectivity index (χ2n) is 8.87. The number of carbonyl (C=O) groups is 1. The Kier molecular flexibility index (Phi) is 6.54. The van der Waals surface area contributed by atoms with Gasteiger partial charge in [0, 0.05) is 19.1 Å². The minimum absolute atomic E-state index is 0.0224. The molecule has 186 valence electrons. The molecule has 1 aromatic carbocycles. The lowest BCUT2D eigenvalue weighted by atomic mass is 9.98. The smallest absolute Gasteiger partial charge is 0.377 e. The lowest BCUT2D eigenvalue weighted by Gasteiger charge is -2.35. The molecule has 8 nitrogen and oxygen atoms in total. The topological polar surface area (TPSA) is 100 Å². The van der Waals surface area contributed by atoms with E-state index in [-0.39, 0.29) is 46.1 Å². The normalized spacial score (nSPS) is 19.6. The number of carbonyl (C=O) groups excluding carboxylic acids is 1. The number of halogens is 3. The van der Waals surface area contributed by atoms with Crippen LogP contribution in [0.2, 0.25) is 0 Å². The van der Waals surface area contributed by atoms with Crippen LogP contribution in [-0.2, 0) is 10.9 Å². The van der Waals surface area contributed by atoms with Gasteiger partial charge in [-0.1, -0.05) is 0 Å². The number of hydrogen-bond donors (Lipinski definition) is 2. The molecule has 3 atom stereocenters. The van der Waals surface area contributed by atoms with E-state index in [0.717, 1.165) is 6.07 Å². The summed E-state index contributed by atoms with van der Waals surface area (Å²) in [5.41, 5.74) is -0.840. The predicted octanol–water partition coefficient (Wildman–Crippen LogP) is 4.07. The van der Waals surface area contributed by atoms with Crippen molar-refractivity contribution in [1.82, 2.24) is 19.9 Å². The Morgan fingerprint density at radius 2 is 1.91 bits per heavy atom. The number of aromatic amines is 1. The lowest BCUT2D eigenvalue weighted by molar-refractivity contribution is -0.138. The van der Waals surface area contributed by atoms with E-state index in [0.29, 0.717) is 18.8 Å². The van der Waals surface area contributed by atoms with Crippen LogP contribution in [0, 0.1) is 6.92 Å². The van der Waals surface area contributed by atoms with Gasteiger partial charge in [-0.2, -0.15) is 13.2 Å². The van der Waals surface area contributed by atoms with Crippen LogP contribution in [0.3, 0.4) is 0 Å². The van der Waals surface area contributed by atoms with E-state index < -0.39 is 23.3 Å². The summed E-state index contributed by atoms with van der Waals surface area (Å²) < 4.78 is 47.2. The third-order valence-corrected chi connectivity index (χ3v) is 5.84. The standard InChI is InChI=1S/C24H26F3N5O3/c1-12-10-32(11-13(2)35-12)23(34)20-6-5-16(9-28-20)29-14(3)17-7-18-21(8-19(17)24(25,26)27)30-15(4)31-22(18)33/h5-9,12-14,29H,10-11H2,1-4H3,(H,30,31,33). The number of morpholine rings is 1. The van der Waals surface area contributed by atoms with Crippen molar-refractivity contribution in [2.24, 2.45) is 0 Å². The lowest BCUT2D eigenvalue weighted by Crippen LogP contribution is -2.48. The molecule has 4 rings (SSSR count). The predicted molar refractivity (Wildman–Crippen MR) is 124 cm³/mol. The first kappa shape index (κ1) is 24.6. The summed E-state index contributed by atoms with van der Waals surface area (Å²) in [4.78, 5) is 37.6. The zero-order valence-electron chi connectivity index (χ0n) is 19.7. The van der Waals surface area contributed by atoms with Gasteiger partial charge in [0.25, 0.3) is 11.5 Å². The first-order valence-corrected chi connectivity index (χ1v) is 11.2. The minimum atomic E-state index is -4.64. The quantitative estimate of drug-likeness (QED) is 0.573. The van der Waals surface area contributed by atoms with Gasteiger partial charge in [-0.25, -0.2) is 9.97 Å². The zero-order valence-corrected chi connectivity index (χ0v) is 19.7. The minimum Gasteiger partial charge on any atom is -0.377 e. The van der Waals surface area contributed by atoms with Gasteiger partial charge in [-0.05, 0) is 57.5 Å². The molecule has 0 radical (unpaired) electrons. The number of aromatic nitrogens is 3. The molecule has 35 heavy (non-hydrogen) atoms. The van der Waals surface area contributed by atoms with Crippen molar-refractivity contribution >= 4 is 22.5 Å². The maximum absolute atomic E-state index is 13.8. The number of nitrogens with one attached hydrogen (secondary N) is 2. The third-order valence-electron chi connectivity index (χ3n) is 5.84. The van der Waals surface area contributed by atoms with Gasteiger partial charge in [-0.3, -0.25) is 9.59 Å². The van der Waals surface area contributed by atoms with Crippen molar-refractivity contribution in [2.75, 3.05) is 18.4 Å². The van der Waals surface area contributed by atoms with Gasteiger partial charge < -0.3 is 19.9 Å². The van der Waals surface area contributed by atoms with E-state index in [1.165, 1.54) is 25.3 Å². The summed E-state index contributed by atoms with van der Waals surface area (Å²) in [6, 6.07) is 4.42. The molecule has 1 aliphatic heterocycles. The van der Waals surface area contributed by atoms with Gasteiger partial charge in [0.05, 0.1) is 40.6 Å². The van der Waals surface area contributed by atoms with Crippen LogP contribution in [-0.4, -0.2) is 51.1 Å². The highest BCUT2D eigenvalue weighted by atomic mass is 19.4. The highest BCUT2D eigenvalue weighted by Crippen LogP contribution is 2.37. The number of nitrogens with zero attached hydrogens (tertiary/aromatic N) is 3. The van der Waals surface area contributed by atoms with E-state index >= 15 is 0 Å². The van der Waals surface area contributed by atoms with Crippen LogP contribution in [0.1, 0.15) is 54.3 Å². The van der Waals surface area contributed by atoms with Gasteiger partial charge in [-0.15, -0.1) is 0 Å². The molecule has 2 N–H and O–H groups in total. The molecule has 3 unspecified atom stereocenters. The highest BCUT2D eigenvalue weighted by Gasteiger charge is 2.35. The van der Waals surface area contributed by atoms with Crippen molar-refractivity contribution in [2.45, 2.75) is 52.1 Å². The van der Waals surface area contributed by atoms with Gasteiger partial charge in [0.2, 0.25) is 0 Å². The fourth-order valence-corrected chi connectivity index (χ4v) is 4.36. The Hall–Kier alpha value is -3.47. The van der Waals surface area contributed by atoms with E-state index in [9.17, 15) is 22.8 Å². The molecule has 0 bridgehead atoms. The number of aryl methyl sites for hydroxylation is 1. The number of amides is 1. The van der Waals surface area contributed by atoms with Gasteiger partial charge in [0.1, 0.15) is 11.5 Å². The Morgan fingerprint density at radius 3 is 2.51 bits per heavy atom. The number of ether oxygens (including phenoxy) is 1. The maximum Gasteiger partial charge on any atom is 0.416 e. The molecular weight excluding hydrogens is 463 g/mol. The summed E-state index contributed by atoms with van der Waals surface area (Å²) in [7, 11) is 0. The number of pyridine rings is 1. The van der Waals surface area contributed by atoms with Gasteiger partial charge >= 0.3 is 6.18 Å². The van der Waals surface area contributed by atoms with E-state index in [4.69, 9.17) is 4.74 Å². The number of alkyl halides is 3. The Balaban J connectivity index is 1.59. The number of fused-ring (bicyclic) bond motifs is 1. The third kappa shape index (κ3) is 5.29. The van der Waals surface area contributed by atoms with Crippen molar-refractivity contribution in [3.05, 3.63) is 63.5 Å². The zero-order chi connectivity index (χ0) is 25.5. The van der Waals surface area contributed by atoms with Crippen LogP contribution in [0.15, 0.2) is 35.3 Å². The summed E-state index contributed by atoms with van der Waals surface area (Å²) >= 11 is 0. The molecule has 1 aliphatic rings. The summed E-state index contributed by atoms with van der Waals surface area (Å²) in [5.74, 6) is -0.00115. The summed E-state index contributed by atoms with van der Waals surface area (Å²) in [6.07, 6.45) is -3.40. The first-order chi connectivity index (χ1) is 16.4. The second-order valence-corrected chi connectivity index (χ2v) is 8.87. The fraction of sp³-hybridized carbons (Fsp3) is 0.417. The Bertz CT molecular complexity index is 1300. The SMILES string of the molecule is Cc1nc2cc(C(F)(F)F)c(C(C)Nc3ccc(C(=O)N4CC(C)OC(C)C4)nc3)cc2c(=O)[nH]1. The summed E-state index contributed by atoms with van der Waals surface area (Å²) in [5, 5.41) is 3.06. The molecule has 1 fully saturated rings. The molecule has 3 aromatic rings. The average molecular weight is 489 g/mol. The highest BCUT2D eigenvalue weighted by molar-refractivity contribution is 5.92. The molecule has 1 saturated heterocycles. The van der Waals surface area contributed by atoms with Crippen LogP contribution in [0.25, 0.3) is 10.9 Å². The van der Waals surface area contributed by atoms with Crippen molar-refractivity contribution in [3.63, 3.8) is 0 Å². The van der Waals surface area contributed by atoms with Crippen LogP contribution < -0.4 is 10.9 Å². The second kappa shape index (κ2) is 9.29.